The molecular formula is C16H20N2OS. The topological polar surface area (TPSA) is 23.6 Å². The van der Waals surface area contributed by atoms with Gasteiger partial charge in [-0.05, 0) is 26.0 Å². The first-order chi connectivity index (χ1) is 9.65. The summed E-state index contributed by atoms with van der Waals surface area (Å²) in [5, 5.41) is 0.140. The molecule has 0 aliphatic carbocycles. The van der Waals surface area contributed by atoms with Crippen molar-refractivity contribution >= 4 is 17.7 Å². The van der Waals surface area contributed by atoms with Gasteiger partial charge in [0.2, 0.25) is 5.91 Å². The van der Waals surface area contributed by atoms with Gasteiger partial charge in [-0.2, -0.15) is 0 Å². The minimum absolute atomic E-state index is 0.140. The Balaban J connectivity index is 1.88. The molecule has 2 heterocycles. The molecule has 0 spiro atoms. The van der Waals surface area contributed by atoms with E-state index in [9.17, 15) is 4.79 Å². The van der Waals surface area contributed by atoms with Gasteiger partial charge in [0.05, 0.1) is 5.75 Å². The number of carbonyl (C=O) groups excluding carboxylic acids is 1. The van der Waals surface area contributed by atoms with Gasteiger partial charge in [-0.1, -0.05) is 35.9 Å². The monoisotopic (exact) mass is 288 g/mol. The van der Waals surface area contributed by atoms with Crippen molar-refractivity contribution in [2.24, 2.45) is 0 Å². The van der Waals surface area contributed by atoms with Gasteiger partial charge in [-0.25, -0.2) is 0 Å². The lowest BCUT2D eigenvalue weighted by Crippen LogP contribution is -2.36. The van der Waals surface area contributed by atoms with E-state index in [2.05, 4.69) is 49.2 Å². The number of nitrogens with zero attached hydrogens (tertiary/aromatic N) is 2. The van der Waals surface area contributed by atoms with Crippen molar-refractivity contribution in [3.05, 3.63) is 47.2 Å². The Morgan fingerprint density at radius 1 is 1.25 bits per heavy atom. The zero-order valence-corrected chi connectivity index (χ0v) is 12.8. The highest BCUT2D eigenvalue weighted by Gasteiger charge is 2.35. The van der Waals surface area contributed by atoms with E-state index >= 15 is 0 Å². The predicted octanol–water partition coefficient (Wildman–Crippen LogP) is 2.79. The lowest BCUT2D eigenvalue weighted by Gasteiger charge is -2.32. The van der Waals surface area contributed by atoms with Crippen molar-refractivity contribution in [2.75, 3.05) is 25.9 Å². The van der Waals surface area contributed by atoms with E-state index < -0.39 is 0 Å². The highest BCUT2D eigenvalue weighted by atomic mass is 32.2. The Hall–Kier alpha value is -1.26. The van der Waals surface area contributed by atoms with Crippen LogP contribution in [0.4, 0.5) is 0 Å². The van der Waals surface area contributed by atoms with Crippen LogP contribution in [-0.4, -0.2) is 41.6 Å². The molecule has 1 saturated heterocycles. The number of aryl methyl sites for hydroxylation is 1. The standard InChI is InChI=1S/C16H20N2OS/c1-12-5-7-13(8-6-12)16-18(15(19)11-20-16)14-4-3-9-17(2)10-14/h4-8,16H,3,9-11H2,1-2H3. The number of thioether (sulfide) groups is 1. The second-order valence-electron chi connectivity index (χ2n) is 5.56. The molecule has 0 N–H and O–H groups in total. The molecule has 0 bridgehead atoms. The largest absolute Gasteiger partial charge is 0.300 e. The van der Waals surface area contributed by atoms with Gasteiger partial charge >= 0.3 is 0 Å². The summed E-state index contributed by atoms with van der Waals surface area (Å²) in [5.41, 5.74) is 3.64. The van der Waals surface area contributed by atoms with Crippen molar-refractivity contribution < 1.29 is 4.79 Å². The van der Waals surface area contributed by atoms with Crippen molar-refractivity contribution in [1.29, 1.82) is 0 Å². The SMILES string of the molecule is Cc1ccc(C2SCC(=O)N2C2=CCCN(C)C2)cc1. The molecule has 3 rings (SSSR count). The fraction of sp³-hybridized carbons (Fsp3) is 0.438. The van der Waals surface area contributed by atoms with Crippen LogP contribution >= 0.6 is 11.8 Å². The summed E-state index contributed by atoms with van der Waals surface area (Å²) in [6.45, 7) is 4.04. The van der Waals surface area contributed by atoms with E-state index in [4.69, 9.17) is 0 Å². The summed E-state index contributed by atoms with van der Waals surface area (Å²) in [4.78, 5) is 16.6. The predicted molar refractivity (Wildman–Crippen MR) is 83.4 cm³/mol. The Morgan fingerprint density at radius 2 is 2.00 bits per heavy atom. The van der Waals surface area contributed by atoms with E-state index in [0.29, 0.717) is 5.75 Å². The minimum Gasteiger partial charge on any atom is -0.300 e. The molecule has 1 unspecified atom stereocenters. The molecule has 0 saturated carbocycles. The molecule has 106 valence electrons. The average molecular weight is 288 g/mol. The van der Waals surface area contributed by atoms with Crippen LogP contribution in [0.2, 0.25) is 0 Å². The molecule has 3 nitrogen and oxygen atoms in total. The molecule has 1 fully saturated rings. The van der Waals surface area contributed by atoms with Crippen LogP contribution in [0.3, 0.4) is 0 Å². The van der Waals surface area contributed by atoms with Gasteiger partial charge in [0.15, 0.2) is 0 Å². The highest BCUT2D eigenvalue weighted by Crippen LogP contribution is 2.41. The molecule has 4 heteroatoms. The van der Waals surface area contributed by atoms with E-state index in [0.717, 1.165) is 19.5 Å². The second kappa shape index (κ2) is 5.62. The first kappa shape index (κ1) is 13.7. The zero-order valence-electron chi connectivity index (χ0n) is 12.0. The fourth-order valence-corrected chi connectivity index (χ4v) is 3.95. The van der Waals surface area contributed by atoms with Gasteiger partial charge in [0, 0.05) is 18.8 Å². The van der Waals surface area contributed by atoms with Crippen molar-refractivity contribution in [2.45, 2.75) is 18.7 Å². The lowest BCUT2D eigenvalue weighted by atomic mass is 10.1. The first-order valence-electron chi connectivity index (χ1n) is 7.03. The average Bonchev–Trinajstić information content (AvgIpc) is 2.81. The molecule has 2 aliphatic rings. The Labute approximate surface area is 124 Å². The van der Waals surface area contributed by atoms with Crippen molar-refractivity contribution in [3.63, 3.8) is 0 Å². The molecule has 20 heavy (non-hydrogen) atoms. The lowest BCUT2D eigenvalue weighted by molar-refractivity contribution is -0.126. The van der Waals surface area contributed by atoms with E-state index in [1.165, 1.54) is 16.8 Å². The normalized spacial score (nSPS) is 24.1. The first-order valence-corrected chi connectivity index (χ1v) is 8.08. The quantitative estimate of drug-likeness (QED) is 0.836. The summed E-state index contributed by atoms with van der Waals surface area (Å²) < 4.78 is 0. The van der Waals surface area contributed by atoms with Gasteiger partial charge in [-0.15, -0.1) is 11.8 Å². The number of carbonyl (C=O) groups is 1. The maximum Gasteiger partial charge on any atom is 0.238 e. The van der Waals surface area contributed by atoms with Gasteiger partial charge in [-0.3, -0.25) is 9.69 Å². The van der Waals surface area contributed by atoms with Crippen LogP contribution in [-0.2, 0) is 4.79 Å². The molecule has 1 amide bonds. The van der Waals surface area contributed by atoms with Gasteiger partial charge in [0.25, 0.3) is 0 Å². The number of likely N-dealkylation sites (N-methyl/N-ethyl adjacent to an activating group) is 1. The van der Waals surface area contributed by atoms with Crippen LogP contribution in [0.5, 0.6) is 0 Å². The van der Waals surface area contributed by atoms with Crippen molar-refractivity contribution in [3.8, 4) is 0 Å². The van der Waals surface area contributed by atoms with Crippen LogP contribution < -0.4 is 0 Å². The van der Waals surface area contributed by atoms with Crippen LogP contribution in [0, 0.1) is 6.92 Å². The van der Waals surface area contributed by atoms with Crippen LogP contribution in [0.25, 0.3) is 0 Å². The zero-order chi connectivity index (χ0) is 14.1. The molecule has 1 aromatic rings. The fourth-order valence-electron chi connectivity index (χ4n) is 2.76. The number of hydrogen-bond acceptors (Lipinski definition) is 3. The van der Waals surface area contributed by atoms with Crippen molar-refractivity contribution in [1.82, 2.24) is 9.80 Å². The van der Waals surface area contributed by atoms with Gasteiger partial charge < -0.3 is 4.90 Å². The Morgan fingerprint density at radius 3 is 2.70 bits per heavy atom. The van der Waals surface area contributed by atoms with E-state index in [1.807, 2.05) is 4.90 Å². The molecule has 2 aliphatic heterocycles. The highest BCUT2D eigenvalue weighted by molar-refractivity contribution is 8.00. The van der Waals surface area contributed by atoms with Crippen LogP contribution in [0.1, 0.15) is 22.9 Å². The third-order valence-electron chi connectivity index (χ3n) is 3.86. The Kier molecular flexibility index (Phi) is 3.85. The number of hydrogen-bond donors (Lipinski definition) is 0. The molecule has 1 aromatic carbocycles. The molecule has 0 radical (unpaired) electrons. The maximum atomic E-state index is 12.3. The number of rotatable bonds is 2. The maximum absolute atomic E-state index is 12.3. The van der Waals surface area contributed by atoms with E-state index in [-0.39, 0.29) is 11.3 Å². The summed E-state index contributed by atoms with van der Waals surface area (Å²) in [5.74, 6) is 0.821. The molecular weight excluding hydrogens is 268 g/mol. The summed E-state index contributed by atoms with van der Waals surface area (Å²) >= 11 is 1.73. The smallest absolute Gasteiger partial charge is 0.238 e. The van der Waals surface area contributed by atoms with Gasteiger partial charge in [0.1, 0.15) is 5.37 Å². The number of benzene rings is 1. The second-order valence-corrected chi connectivity index (χ2v) is 6.63. The minimum atomic E-state index is 0.140. The molecule has 0 aromatic heterocycles. The summed E-state index contributed by atoms with van der Waals surface area (Å²) in [7, 11) is 2.11. The number of amides is 1. The Bertz CT molecular complexity index is 538. The third kappa shape index (κ3) is 2.63. The van der Waals surface area contributed by atoms with Crippen LogP contribution in [0.15, 0.2) is 36.0 Å². The molecule has 1 atom stereocenters. The third-order valence-corrected chi connectivity index (χ3v) is 5.07. The summed E-state index contributed by atoms with van der Waals surface area (Å²) in [6, 6.07) is 8.54. The van der Waals surface area contributed by atoms with E-state index in [1.54, 1.807) is 11.8 Å². The summed E-state index contributed by atoms with van der Waals surface area (Å²) in [6.07, 6.45) is 3.26.